The van der Waals surface area contributed by atoms with Crippen LogP contribution in [0.5, 0.6) is 5.75 Å². The van der Waals surface area contributed by atoms with Crippen LogP contribution in [0.3, 0.4) is 0 Å². The number of amides is 1. The van der Waals surface area contributed by atoms with Gasteiger partial charge in [-0.05, 0) is 41.6 Å². The Bertz CT molecular complexity index is 1070. The normalized spacial score (nSPS) is 14.8. The second kappa shape index (κ2) is 9.35. The van der Waals surface area contributed by atoms with Crippen molar-refractivity contribution in [1.82, 2.24) is 9.80 Å². The summed E-state index contributed by atoms with van der Waals surface area (Å²) in [5.41, 5.74) is 1.75. The van der Waals surface area contributed by atoms with Gasteiger partial charge in [0.15, 0.2) is 5.11 Å². The number of hydrogen-bond acceptors (Lipinski definition) is 7. The number of esters is 1. The Morgan fingerprint density at radius 3 is 2.58 bits per heavy atom. The molecule has 1 amide bonds. The minimum Gasteiger partial charge on any atom is -0.489 e. The first-order valence-electron chi connectivity index (χ1n) is 9.14. The van der Waals surface area contributed by atoms with Gasteiger partial charge in [0.25, 0.3) is 11.6 Å². The van der Waals surface area contributed by atoms with Gasteiger partial charge in [0.05, 0.1) is 12.0 Å². The van der Waals surface area contributed by atoms with Gasteiger partial charge in [0.2, 0.25) is 0 Å². The van der Waals surface area contributed by atoms with Gasteiger partial charge in [-0.15, -0.1) is 0 Å². The van der Waals surface area contributed by atoms with Crippen molar-refractivity contribution in [2.24, 2.45) is 0 Å². The van der Waals surface area contributed by atoms with Gasteiger partial charge in [-0.2, -0.15) is 0 Å². The van der Waals surface area contributed by atoms with E-state index in [1.54, 1.807) is 49.5 Å². The van der Waals surface area contributed by atoms with Crippen LogP contribution < -0.4 is 4.74 Å². The average molecular weight is 441 g/mol. The van der Waals surface area contributed by atoms with Gasteiger partial charge in [-0.3, -0.25) is 24.6 Å². The van der Waals surface area contributed by atoms with Crippen molar-refractivity contribution < 1.29 is 24.0 Å². The van der Waals surface area contributed by atoms with E-state index in [4.69, 9.17) is 17.0 Å². The fourth-order valence-electron chi connectivity index (χ4n) is 2.89. The van der Waals surface area contributed by atoms with E-state index < -0.39 is 10.9 Å². The second-order valence-electron chi connectivity index (χ2n) is 6.62. The van der Waals surface area contributed by atoms with Crippen molar-refractivity contribution in [3.8, 4) is 5.75 Å². The number of thiocarbonyl (C=S) groups is 1. The largest absolute Gasteiger partial charge is 0.489 e. The van der Waals surface area contributed by atoms with Crippen molar-refractivity contribution in [1.29, 1.82) is 0 Å². The van der Waals surface area contributed by atoms with Crippen LogP contribution >= 0.6 is 12.2 Å². The lowest BCUT2D eigenvalue weighted by atomic mass is 10.1. The Balaban J connectivity index is 1.68. The van der Waals surface area contributed by atoms with E-state index in [0.717, 1.165) is 5.56 Å². The van der Waals surface area contributed by atoms with Crippen molar-refractivity contribution in [2.45, 2.75) is 6.61 Å². The highest BCUT2D eigenvalue weighted by Gasteiger charge is 2.36. The monoisotopic (exact) mass is 441 g/mol. The zero-order chi connectivity index (χ0) is 22.5. The first-order chi connectivity index (χ1) is 14.8. The molecular formula is C21H19N3O6S. The van der Waals surface area contributed by atoms with Crippen LogP contribution in [-0.2, 0) is 20.9 Å². The highest BCUT2D eigenvalue weighted by atomic mass is 32.1. The molecule has 10 heteroatoms. The Kier molecular flexibility index (Phi) is 6.61. The first kappa shape index (κ1) is 21.9. The molecule has 0 aromatic heterocycles. The average Bonchev–Trinajstić information content (AvgIpc) is 2.97. The molecule has 2 aromatic carbocycles. The molecule has 160 valence electrons. The quantitative estimate of drug-likeness (QED) is 0.213. The molecule has 0 spiro atoms. The topological polar surface area (TPSA) is 102 Å². The number of carbonyl (C=O) groups is 2. The third kappa shape index (κ3) is 5.04. The molecule has 1 fully saturated rings. The standard InChI is InChI=1S/C21H19N3O6S/c1-22-18(20(26)23(21(22)31)12-19(25)29-2)11-14-6-8-17(9-7-14)30-13-15-4-3-5-16(10-15)24(27)28/h3-11H,12-13H2,1-2H3/b18-11-. The van der Waals surface area contributed by atoms with Crippen molar-refractivity contribution in [3.63, 3.8) is 0 Å². The summed E-state index contributed by atoms with van der Waals surface area (Å²) in [6.07, 6.45) is 1.66. The zero-order valence-corrected chi connectivity index (χ0v) is 17.6. The van der Waals surface area contributed by atoms with Gasteiger partial charge < -0.3 is 14.4 Å². The molecule has 31 heavy (non-hydrogen) atoms. The molecule has 0 radical (unpaired) electrons. The molecular weight excluding hydrogens is 422 g/mol. The molecule has 1 saturated heterocycles. The van der Waals surface area contributed by atoms with Gasteiger partial charge in [0, 0.05) is 19.2 Å². The summed E-state index contributed by atoms with van der Waals surface area (Å²) >= 11 is 5.25. The van der Waals surface area contributed by atoms with Crippen LogP contribution in [0, 0.1) is 10.1 Å². The molecule has 0 saturated carbocycles. The van der Waals surface area contributed by atoms with Crippen LogP contribution in [-0.4, -0.2) is 52.4 Å². The molecule has 0 unspecified atom stereocenters. The fraction of sp³-hybridized carbons (Fsp3) is 0.190. The minimum atomic E-state index is -0.560. The summed E-state index contributed by atoms with van der Waals surface area (Å²) in [6, 6.07) is 13.2. The maximum atomic E-state index is 12.6. The number of rotatable bonds is 7. The number of nitrogens with zero attached hydrogens (tertiary/aromatic N) is 3. The summed E-state index contributed by atoms with van der Waals surface area (Å²) < 4.78 is 10.3. The second-order valence-corrected chi connectivity index (χ2v) is 6.99. The van der Waals surface area contributed by atoms with E-state index in [1.165, 1.54) is 29.0 Å². The van der Waals surface area contributed by atoms with Crippen molar-refractivity contribution in [2.75, 3.05) is 20.7 Å². The van der Waals surface area contributed by atoms with Gasteiger partial charge in [0.1, 0.15) is 24.6 Å². The number of likely N-dealkylation sites (N-methyl/N-ethyl adjacent to an activating group) is 1. The third-order valence-corrected chi connectivity index (χ3v) is 5.06. The number of nitro groups is 1. The van der Waals surface area contributed by atoms with E-state index in [2.05, 4.69) is 4.74 Å². The Morgan fingerprint density at radius 2 is 1.94 bits per heavy atom. The smallest absolute Gasteiger partial charge is 0.325 e. The van der Waals surface area contributed by atoms with Crippen LogP contribution in [0.1, 0.15) is 11.1 Å². The summed E-state index contributed by atoms with van der Waals surface area (Å²) in [5.74, 6) is -0.373. The zero-order valence-electron chi connectivity index (χ0n) is 16.8. The molecule has 0 aliphatic carbocycles. The fourth-order valence-corrected chi connectivity index (χ4v) is 3.13. The molecule has 0 N–H and O–H groups in total. The van der Waals surface area contributed by atoms with E-state index in [-0.39, 0.29) is 29.9 Å². The molecule has 1 aliphatic heterocycles. The van der Waals surface area contributed by atoms with E-state index in [0.29, 0.717) is 17.0 Å². The lowest BCUT2D eigenvalue weighted by Gasteiger charge is -2.14. The Hall–Kier alpha value is -3.79. The van der Waals surface area contributed by atoms with Crippen LogP contribution in [0.4, 0.5) is 5.69 Å². The maximum absolute atomic E-state index is 12.6. The minimum absolute atomic E-state index is 0.00702. The Morgan fingerprint density at radius 1 is 1.23 bits per heavy atom. The van der Waals surface area contributed by atoms with Crippen LogP contribution in [0.25, 0.3) is 6.08 Å². The maximum Gasteiger partial charge on any atom is 0.325 e. The number of non-ortho nitro benzene ring substituents is 1. The van der Waals surface area contributed by atoms with E-state index in [9.17, 15) is 19.7 Å². The number of ether oxygens (including phenoxy) is 2. The first-order valence-corrected chi connectivity index (χ1v) is 9.55. The van der Waals surface area contributed by atoms with Crippen LogP contribution in [0.2, 0.25) is 0 Å². The third-order valence-electron chi connectivity index (χ3n) is 4.57. The predicted octanol–water partition coefficient (Wildman–Crippen LogP) is 2.75. The molecule has 0 bridgehead atoms. The van der Waals surface area contributed by atoms with Gasteiger partial charge >= 0.3 is 5.97 Å². The summed E-state index contributed by atoms with van der Waals surface area (Å²) in [7, 11) is 2.90. The number of nitro benzene ring substituents is 1. The molecule has 3 rings (SSSR count). The highest BCUT2D eigenvalue weighted by molar-refractivity contribution is 7.80. The summed E-state index contributed by atoms with van der Waals surface area (Å²) in [5, 5.41) is 11.1. The lowest BCUT2D eigenvalue weighted by molar-refractivity contribution is -0.384. The predicted molar refractivity (Wildman–Crippen MR) is 116 cm³/mol. The number of benzene rings is 2. The van der Waals surface area contributed by atoms with Gasteiger partial charge in [-0.25, -0.2) is 0 Å². The molecule has 1 heterocycles. The molecule has 2 aromatic rings. The summed E-state index contributed by atoms with van der Waals surface area (Å²) in [4.78, 5) is 37.3. The number of hydrogen-bond donors (Lipinski definition) is 0. The lowest BCUT2D eigenvalue weighted by Crippen LogP contribution is -2.36. The summed E-state index contributed by atoms with van der Waals surface area (Å²) in [6.45, 7) is -0.0691. The molecule has 9 nitrogen and oxygen atoms in total. The van der Waals surface area contributed by atoms with Crippen molar-refractivity contribution in [3.05, 3.63) is 75.5 Å². The van der Waals surface area contributed by atoms with Gasteiger partial charge in [-0.1, -0.05) is 24.3 Å². The highest BCUT2D eigenvalue weighted by Crippen LogP contribution is 2.23. The van der Waals surface area contributed by atoms with E-state index in [1.807, 2.05) is 0 Å². The van der Waals surface area contributed by atoms with Crippen LogP contribution in [0.15, 0.2) is 54.2 Å². The van der Waals surface area contributed by atoms with Crippen molar-refractivity contribution >= 4 is 41.0 Å². The number of carbonyl (C=O) groups excluding carboxylic acids is 2. The SMILES string of the molecule is COC(=O)CN1C(=O)/C(=C/c2ccc(OCc3cccc([N+](=O)[O-])c3)cc2)N(C)C1=S. The molecule has 1 aliphatic rings. The van der Waals surface area contributed by atoms with E-state index >= 15 is 0 Å². The molecule has 0 atom stereocenters. The Labute approximate surface area is 183 Å². The number of methoxy groups -OCH3 is 1.